The van der Waals surface area contributed by atoms with Crippen LogP contribution in [0.3, 0.4) is 0 Å². The fourth-order valence-corrected chi connectivity index (χ4v) is 2.85. The number of piperidine rings is 1. The molecule has 1 N–H and O–H groups in total. The van der Waals surface area contributed by atoms with E-state index in [0.717, 1.165) is 18.7 Å². The molecule has 120 valence electrons. The molecule has 0 spiro atoms. The first-order valence-electron chi connectivity index (χ1n) is 7.77. The van der Waals surface area contributed by atoms with Crippen LogP contribution < -0.4 is 4.90 Å². The molecular formula is C16H20N6O. The first-order valence-corrected chi connectivity index (χ1v) is 7.77. The van der Waals surface area contributed by atoms with Crippen molar-refractivity contribution in [2.45, 2.75) is 38.3 Å². The predicted octanol–water partition coefficient (Wildman–Crippen LogP) is 1.61. The number of rotatable bonds is 3. The Morgan fingerprint density at radius 3 is 2.83 bits per heavy atom. The van der Waals surface area contributed by atoms with Gasteiger partial charge in [-0.1, -0.05) is 5.21 Å². The first-order chi connectivity index (χ1) is 11.0. The molecule has 1 saturated heterocycles. The molecule has 0 bridgehead atoms. The minimum Gasteiger partial charge on any atom is -0.382 e. The number of hydrogen-bond acceptors (Lipinski definition) is 6. The lowest BCUT2D eigenvalue weighted by atomic mass is 9.90. The first kappa shape index (κ1) is 15.4. The van der Waals surface area contributed by atoms with Crippen molar-refractivity contribution in [3.8, 4) is 6.07 Å². The molecule has 1 aliphatic rings. The van der Waals surface area contributed by atoms with Crippen molar-refractivity contribution in [3.05, 3.63) is 35.9 Å². The van der Waals surface area contributed by atoms with Crippen molar-refractivity contribution in [1.82, 2.24) is 20.0 Å². The van der Waals surface area contributed by atoms with Crippen molar-refractivity contribution in [1.29, 1.82) is 5.26 Å². The molecular weight excluding hydrogens is 292 g/mol. The van der Waals surface area contributed by atoms with Gasteiger partial charge in [-0.3, -0.25) is 0 Å². The number of anilines is 1. The summed E-state index contributed by atoms with van der Waals surface area (Å²) in [7, 11) is 0. The highest BCUT2D eigenvalue weighted by atomic mass is 16.3. The van der Waals surface area contributed by atoms with E-state index in [1.54, 1.807) is 16.9 Å². The summed E-state index contributed by atoms with van der Waals surface area (Å²) in [4.78, 5) is 6.18. The van der Waals surface area contributed by atoms with Crippen LogP contribution in [0.25, 0.3) is 0 Å². The summed E-state index contributed by atoms with van der Waals surface area (Å²) in [6.45, 7) is 5.34. The van der Waals surface area contributed by atoms with Gasteiger partial charge in [0.25, 0.3) is 0 Å². The highest BCUT2D eigenvalue weighted by molar-refractivity contribution is 5.47. The Hall–Kier alpha value is -2.46. The van der Waals surface area contributed by atoms with Gasteiger partial charge in [0, 0.05) is 12.6 Å². The minimum absolute atomic E-state index is 0.210. The number of hydrogen-bond donors (Lipinski definition) is 1. The maximum Gasteiger partial charge on any atom is 0.140 e. The number of nitrogens with zero attached hydrogens (tertiary/aromatic N) is 6. The fourth-order valence-electron chi connectivity index (χ4n) is 2.85. The number of β-amino-alcohol motifs (C(OH)–C–C–N with tert-alkyl or cyclic N) is 1. The SMILES string of the molecule is CC(C)n1cc([C@]2(O)CCCN(c3ccc(C#N)nc3)C2)nn1. The van der Waals surface area contributed by atoms with Crippen LogP contribution in [0, 0.1) is 11.3 Å². The summed E-state index contributed by atoms with van der Waals surface area (Å²) >= 11 is 0. The number of aromatic nitrogens is 4. The van der Waals surface area contributed by atoms with Crippen LogP contribution in [0.4, 0.5) is 5.69 Å². The number of nitriles is 1. The van der Waals surface area contributed by atoms with Crippen LogP contribution in [0.15, 0.2) is 24.5 Å². The molecule has 0 aliphatic carbocycles. The molecule has 1 atom stereocenters. The largest absolute Gasteiger partial charge is 0.382 e. The highest BCUT2D eigenvalue weighted by Gasteiger charge is 2.37. The molecule has 7 heteroatoms. The van der Waals surface area contributed by atoms with E-state index >= 15 is 0 Å². The maximum atomic E-state index is 11.0. The van der Waals surface area contributed by atoms with Gasteiger partial charge in [0.15, 0.2) is 0 Å². The van der Waals surface area contributed by atoms with Crippen molar-refractivity contribution >= 4 is 5.69 Å². The minimum atomic E-state index is -1.01. The third-order valence-corrected chi connectivity index (χ3v) is 4.21. The molecule has 0 unspecified atom stereocenters. The Kier molecular flexibility index (Phi) is 4.01. The van der Waals surface area contributed by atoms with E-state index in [2.05, 4.69) is 20.2 Å². The topological polar surface area (TPSA) is 90.9 Å². The zero-order valence-corrected chi connectivity index (χ0v) is 13.3. The smallest absolute Gasteiger partial charge is 0.140 e. The average Bonchev–Trinajstić information content (AvgIpc) is 3.06. The van der Waals surface area contributed by atoms with Gasteiger partial charge in [-0.25, -0.2) is 9.67 Å². The molecule has 2 aromatic rings. The van der Waals surface area contributed by atoms with Crippen LogP contribution in [0.5, 0.6) is 0 Å². The van der Waals surface area contributed by atoms with Crippen LogP contribution in [-0.2, 0) is 5.60 Å². The normalized spacial score (nSPS) is 21.4. The van der Waals surface area contributed by atoms with Gasteiger partial charge in [0.1, 0.15) is 23.1 Å². The zero-order chi connectivity index (χ0) is 16.4. The Labute approximate surface area is 135 Å². The zero-order valence-electron chi connectivity index (χ0n) is 13.3. The van der Waals surface area contributed by atoms with Gasteiger partial charge in [-0.05, 0) is 38.8 Å². The summed E-state index contributed by atoms with van der Waals surface area (Å²) in [5.74, 6) is 0. The third kappa shape index (κ3) is 3.03. The maximum absolute atomic E-state index is 11.0. The molecule has 0 amide bonds. The van der Waals surface area contributed by atoms with E-state index in [4.69, 9.17) is 5.26 Å². The summed E-state index contributed by atoms with van der Waals surface area (Å²) in [6.07, 6.45) is 5.01. The predicted molar refractivity (Wildman–Crippen MR) is 84.7 cm³/mol. The van der Waals surface area contributed by atoms with E-state index in [9.17, 15) is 5.11 Å². The van der Waals surface area contributed by atoms with Crippen molar-refractivity contribution in [2.24, 2.45) is 0 Å². The lowest BCUT2D eigenvalue weighted by Gasteiger charge is -2.39. The third-order valence-electron chi connectivity index (χ3n) is 4.21. The molecule has 3 heterocycles. The highest BCUT2D eigenvalue weighted by Crippen LogP contribution is 2.32. The van der Waals surface area contributed by atoms with Gasteiger partial charge in [0.2, 0.25) is 0 Å². The average molecular weight is 312 g/mol. The van der Waals surface area contributed by atoms with Crippen molar-refractivity contribution in [3.63, 3.8) is 0 Å². The molecule has 0 aromatic carbocycles. The second-order valence-electron chi connectivity index (χ2n) is 6.25. The van der Waals surface area contributed by atoms with Gasteiger partial charge in [0.05, 0.1) is 24.6 Å². The van der Waals surface area contributed by atoms with Gasteiger partial charge < -0.3 is 10.0 Å². The summed E-state index contributed by atoms with van der Waals surface area (Å²) in [6, 6.07) is 5.78. The van der Waals surface area contributed by atoms with E-state index < -0.39 is 5.60 Å². The molecule has 1 fully saturated rings. The standard InChI is InChI=1S/C16H20N6O/c1-12(2)22-10-15(19-20-22)16(23)6-3-7-21(11-16)14-5-4-13(8-17)18-9-14/h4-5,9-10,12,23H,3,6-7,11H2,1-2H3/t16-/m0/s1. The summed E-state index contributed by atoms with van der Waals surface area (Å²) in [5.41, 5.74) is 0.885. The molecule has 1 aliphatic heterocycles. The Morgan fingerprint density at radius 2 is 2.22 bits per heavy atom. The van der Waals surface area contributed by atoms with Gasteiger partial charge in [-0.15, -0.1) is 5.10 Å². The van der Waals surface area contributed by atoms with Gasteiger partial charge >= 0.3 is 0 Å². The van der Waals surface area contributed by atoms with Crippen LogP contribution in [-0.4, -0.2) is 38.2 Å². The Bertz CT molecular complexity index is 717. The molecule has 23 heavy (non-hydrogen) atoms. The molecule has 3 rings (SSSR count). The molecule has 2 aromatic heterocycles. The van der Waals surface area contributed by atoms with Crippen LogP contribution in [0.1, 0.15) is 44.1 Å². The summed E-state index contributed by atoms with van der Waals surface area (Å²) in [5, 5.41) is 28.1. The Morgan fingerprint density at radius 1 is 1.39 bits per heavy atom. The molecule has 7 nitrogen and oxygen atoms in total. The lowest BCUT2D eigenvalue weighted by Crippen LogP contribution is -2.46. The monoisotopic (exact) mass is 312 g/mol. The van der Waals surface area contributed by atoms with Crippen molar-refractivity contribution < 1.29 is 5.11 Å². The lowest BCUT2D eigenvalue weighted by molar-refractivity contribution is 0.0176. The number of pyridine rings is 1. The van der Waals surface area contributed by atoms with E-state index in [1.807, 2.05) is 32.2 Å². The van der Waals surface area contributed by atoms with Crippen LogP contribution >= 0.6 is 0 Å². The van der Waals surface area contributed by atoms with E-state index in [0.29, 0.717) is 24.4 Å². The second kappa shape index (κ2) is 5.97. The van der Waals surface area contributed by atoms with Gasteiger partial charge in [-0.2, -0.15) is 5.26 Å². The summed E-state index contributed by atoms with van der Waals surface area (Å²) < 4.78 is 1.76. The molecule has 0 radical (unpaired) electrons. The van der Waals surface area contributed by atoms with E-state index in [1.165, 1.54) is 0 Å². The number of aliphatic hydroxyl groups is 1. The molecule has 0 saturated carbocycles. The second-order valence-corrected chi connectivity index (χ2v) is 6.25. The fraction of sp³-hybridized carbons (Fsp3) is 0.500. The van der Waals surface area contributed by atoms with Crippen molar-refractivity contribution in [2.75, 3.05) is 18.0 Å². The Balaban J connectivity index is 1.82. The quantitative estimate of drug-likeness (QED) is 0.926. The van der Waals surface area contributed by atoms with Crippen LogP contribution in [0.2, 0.25) is 0 Å². The van der Waals surface area contributed by atoms with E-state index in [-0.39, 0.29) is 6.04 Å².